The molecule has 0 aromatic carbocycles. The lowest BCUT2D eigenvalue weighted by Crippen LogP contribution is -2.24. The Balaban J connectivity index is 2.04. The summed E-state index contributed by atoms with van der Waals surface area (Å²) in [5.41, 5.74) is 0. The maximum Gasteiger partial charge on any atom is 0.243 e. The second-order valence-corrected chi connectivity index (χ2v) is 7.88. The highest BCUT2D eigenvalue weighted by molar-refractivity contribution is 7.89. The summed E-state index contributed by atoms with van der Waals surface area (Å²) < 4.78 is 28.4. The first-order valence-corrected chi connectivity index (χ1v) is 10.6. The lowest BCUT2D eigenvalue weighted by Gasteiger charge is -2.05. The van der Waals surface area contributed by atoms with Crippen LogP contribution < -0.4 is 4.72 Å². The van der Waals surface area contributed by atoms with Crippen LogP contribution in [-0.2, 0) is 16.6 Å². The number of aryl methyl sites for hydroxylation is 1. The normalized spacial score (nSPS) is 11.9. The third-order valence-corrected chi connectivity index (χ3v) is 5.48. The lowest BCUT2D eigenvalue weighted by atomic mass is 10.1. The van der Waals surface area contributed by atoms with E-state index in [1.54, 1.807) is 10.9 Å². The van der Waals surface area contributed by atoms with Crippen LogP contribution in [0, 0.1) is 0 Å². The van der Waals surface area contributed by atoms with Gasteiger partial charge in [0.05, 0.1) is 6.20 Å². The maximum absolute atomic E-state index is 12.1. The van der Waals surface area contributed by atoms with Crippen LogP contribution in [0.15, 0.2) is 17.3 Å². The molecule has 0 aliphatic rings. The van der Waals surface area contributed by atoms with Gasteiger partial charge in [0.25, 0.3) is 0 Å². The summed E-state index contributed by atoms with van der Waals surface area (Å²) in [5, 5.41) is 4.00. The number of aromatic nitrogens is 2. The molecule has 6 heteroatoms. The standard InChI is InChI=1S/C17H33N3O2S/c1-3-5-6-7-8-9-10-11-12-13-14-19-23(21,22)17-15-18-20(4-2)16-17/h15-16,19H,3-14H2,1-2H3. The van der Waals surface area contributed by atoms with Gasteiger partial charge in [-0.05, 0) is 13.3 Å². The Morgan fingerprint density at radius 1 is 0.957 bits per heavy atom. The number of rotatable bonds is 14. The first-order chi connectivity index (χ1) is 11.1. The monoisotopic (exact) mass is 343 g/mol. The number of nitrogens with one attached hydrogen (secondary N) is 1. The molecule has 1 rings (SSSR count). The average Bonchev–Trinajstić information content (AvgIpc) is 3.02. The average molecular weight is 344 g/mol. The molecule has 0 aliphatic carbocycles. The summed E-state index contributed by atoms with van der Waals surface area (Å²) in [6.45, 7) is 5.36. The molecule has 1 aromatic heterocycles. The Morgan fingerprint density at radius 3 is 2.04 bits per heavy atom. The number of hydrogen-bond donors (Lipinski definition) is 1. The van der Waals surface area contributed by atoms with Crippen molar-refractivity contribution in [3.63, 3.8) is 0 Å². The fourth-order valence-electron chi connectivity index (χ4n) is 2.56. The molecule has 5 nitrogen and oxygen atoms in total. The Labute approximate surface area is 141 Å². The molecular formula is C17H33N3O2S. The Kier molecular flexibility index (Phi) is 10.2. The number of sulfonamides is 1. The summed E-state index contributed by atoms with van der Waals surface area (Å²) >= 11 is 0. The highest BCUT2D eigenvalue weighted by Crippen LogP contribution is 2.11. The van der Waals surface area contributed by atoms with E-state index in [-0.39, 0.29) is 4.90 Å². The predicted octanol–water partition coefficient (Wildman–Crippen LogP) is 4.10. The van der Waals surface area contributed by atoms with Crippen molar-refractivity contribution in [1.29, 1.82) is 0 Å². The van der Waals surface area contributed by atoms with Crippen LogP contribution in [0.4, 0.5) is 0 Å². The van der Waals surface area contributed by atoms with Crippen molar-refractivity contribution in [2.45, 2.75) is 89.5 Å². The van der Waals surface area contributed by atoms with Gasteiger partial charge in [-0.25, -0.2) is 13.1 Å². The summed E-state index contributed by atoms with van der Waals surface area (Å²) in [5.74, 6) is 0. The third kappa shape index (κ3) is 8.51. The molecule has 0 unspecified atom stereocenters. The van der Waals surface area contributed by atoms with Crippen LogP contribution in [0.1, 0.15) is 78.1 Å². The van der Waals surface area contributed by atoms with Crippen LogP contribution >= 0.6 is 0 Å². The second-order valence-electron chi connectivity index (χ2n) is 6.11. The molecule has 0 bridgehead atoms. The lowest BCUT2D eigenvalue weighted by molar-refractivity contribution is 0.549. The van der Waals surface area contributed by atoms with Gasteiger partial charge in [-0.2, -0.15) is 5.10 Å². The van der Waals surface area contributed by atoms with Gasteiger partial charge in [0.15, 0.2) is 0 Å². The number of hydrogen-bond acceptors (Lipinski definition) is 3. The Bertz CT molecular complexity index is 512. The van der Waals surface area contributed by atoms with E-state index in [1.807, 2.05) is 6.92 Å². The predicted molar refractivity (Wildman–Crippen MR) is 94.9 cm³/mol. The zero-order chi connectivity index (χ0) is 17.0. The molecule has 23 heavy (non-hydrogen) atoms. The van der Waals surface area contributed by atoms with Crippen molar-refractivity contribution in [3.8, 4) is 0 Å². The molecule has 1 aromatic rings. The molecule has 1 heterocycles. The molecular weight excluding hydrogens is 310 g/mol. The molecule has 0 amide bonds. The van der Waals surface area contributed by atoms with Crippen LogP contribution in [0.25, 0.3) is 0 Å². The molecule has 1 N–H and O–H groups in total. The fourth-order valence-corrected chi connectivity index (χ4v) is 3.58. The van der Waals surface area contributed by atoms with E-state index in [0.717, 1.165) is 12.8 Å². The van der Waals surface area contributed by atoms with Gasteiger partial charge in [-0.3, -0.25) is 4.68 Å². The van der Waals surface area contributed by atoms with E-state index in [2.05, 4.69) is 16.7 Å². The van der Waals surface area contributed by atoms with E-state index in [0.29, 0.717) is 13.1 Å². The van der Waals surface area contributed by atoms with E-state index in [4.69, 9.17) is 0 Å². The van der Waals surface area contributed by atoms with E-state index in [1.165, 1.54) is 57.6 Å². The third-order valence-electron chi connectivity index (χ3n) is 4.07. The van der Waals surface area contributed by atoms with E-state index >= 15 is 0 Å². The Hall–Kier alpha value is -0.880. The number of nitrogens with zero attached hydrogens (tertiary/aromatic N) is 2. The molecule has 0 saturated carbocycles. The smallest absolute Gasteiger partial charge is 0.243 e. The van der Waals surface area contributed by atoms with Gasteiger partial charge in [0.2, 0.25) is 10.0 Å². The molecule has 134 valence electrons. The van der Waals surface area contributed by atoms with E-state index in [9.17, 15) is 8.42 Å². The molecule has 0 fully saturated rings. The number of unbranched alkanes of at least 4 members (excludes halogenated alkanes) is 9. The van der Waals surface area contributed by atoms with Gasteiger partial charge in [-0.15, -0.1) is 0 Å². The molecule has 0 saturated heterocycles. The zero-order valence-corrected chi connectivity index (χ0v) is 15.6. The van der Waals surface area contributed by atoms with Crippen LogP contribution in [-0.4, -0.2) is 24.7 Å². The van der Waals surface area contributed by atoms with Gasteiger partial charge in [0, 0.05) is 19.3 Å². The van der Waals surface area contributed by atoms with Crippen molar-refractivity contribution in [3.05, 3.63) is 12.4 Å². The van der Waals surface area contributed by atoms with Crippen LogP contribution in [0.2, 0.25) is 0 Å². The van der Waals surface area contributed by atoms with Crippen molar-refractivity contribution in [2.24, 2.45) is 0 Å². The fraction of sp³-hybridized carbons (Fsp3) is 0.824. The highest BCUT2D eigenvalue weighted by Gasteiger charge is 2.15. The van der Waals surface area contributed by atoms with Crippen molar-refractivity contribution in [2.75, 3.05) is 6.54 Å². The van der Waals surface area contributed by atoms with Crippen LogP contribution in [0.5, 0.6) is 0 Å². The topological polar surface area (TPSA) is 64.0 Å². The summed E-state index contributed by atoms with van der Waals surface area (Å²) in [7, 11) is -3.39. The van der Waals surface area contributed by atoms with Crippen molar-refractivity contribution in [1.82, 2.24) is 14.5 Å². The largest absolute Gasteiger partial charge is 0.272 e. The molecule has 0 atom stereocenters. The quantitative estimate of drug-likeness (QED) is 0.517. The molecule has 0 aliphatic heterocycles. The van der Waals surface area contributed by atoms with Crippen molar-refractivity contribution >= 4 is 10.0 Å². The maximum atomic E-state index is 12.1. The van der Waals surface area contributed by atoms with Gasteiger partial charge >= 0.3 is 0 Å². The van der Waals surface area contributed by atoms with E-state index < -0.39 is 10.0 Å². The SMILES string of the molecule is CCCCCCCCCCCCNS(=O)(=O)c1cnn(CC)c1. The van der Waals surface area contributed by atoms with Gasteiger partial charge in [0.1, 0.15) is 4.90 Å². The van der Waals surface area contributed by atoms with Crippen molar-refractivity contribution < 1.29 is 8.42 Å². The van der Waals surface area contributed by atoms with Gasteiger partial charge in [-0.1, -0.05) is 64.7 Å². The highest BCUT2D eigenvalue weighted by atomic mass is 32.2. The summed E-state index contributed by atoms with van der Waals surface area (Å²) in [4.78, 5) is 0.256. The van der Waals surface area contributed by atoms with Crippen LogP contribution in [0.3, 0.4) is 0 Å². The minimum absolute atomic E-state index is 0.256. The first kappa shape index (κ1) is 20.2. The van der Waals surface area contributed by atoms with Gasteiger partial charge < -0.3 is 0 Å². The summed E-state index contributed by atoms with van der Waals surface area (Å²) in [6.07, 6.45) is 15.5. The minimum Gasteiger partial charge on any atom is -0.272 e. The summed E-state index contributed by atoms with van der Waals surface area (Å²) in [6, 6.07) is 0. The molecule has 0 spiro atoms. The molecule has 0 radical (unpaired) electrons. The Morgan fingerprint density at radius 2 is 1.52 bits per heavy atom. The zero-order valence-electron chi connectivity index (χ0n) is 14.8. The second kappa shape index (κ2) is 11.6. The first-order valence-electron chi connectivity index (χ1n) is 9.12. The minimum atomic E-state index is -3.39.